The summed E-state index contributed by atoms with van der Waals surface area (Å²) in [5.74, 6) is 0.196. The Balaban J connectivity index is 2.45. The predicted molar refractivity (Wildman–Crippen MR) is 63.2 cm³/mol. The lowest BCUT2D eigenvalue weighted by molar-refractivity contribution is -0.137. The molecule has 6 heteroatoms. The first-order chi connectivity index (χ1) is 7.37. The van der Waals surface area contributed by atoms with Crippen LogP contribution in [-0.2, 0) is 9.59 Å². The Morgan fingerprint density at radius 1 is 1.62 bits per heavy atom. The molecule has 0 aliphatic carbocycles. The minimum absolute atomic E-state index is 0.174. The molecule has 2 amide bonds. The van der Waals surface area contributed by atoms with E-state index < -0.39 is 11.6 Å². The highest BCUT2D eigenvalue weighted by Gasteiger charge is 2.36. The lowest BCUT2D eigenvalue weighted by Crippen LogP contribution is -2.46. The molecule has 1 aliphatic rings. The number of likely N-dealkylation sites (N-methyl/N-ethyl adjacent to an activating group) is 1. The summed E-state index contributed by atoms with van der Waals surface area (Å²) < 4.78 is 0. The maximum absolute atomic E-state index is 11.5. The van der Waals surface area contributed by atoms with Crippen LogP contribution in [0.2, 0.25) is 0 Å². The monoisotopic (exact) mass is 246 g/mol. The van der Waals surface area contributed by atoms with Gasteiger partial charge in [-0.05, 0) is 13.2 Å². The molecule has 0 spiro atoms. The number of likely N-dealkylation sites (tertiary alicyclic amines) is 1. The molecule has 1 fully saturated rings. The molecule has 16 heavy (non-hydrogen) atoms. The van der Waals surface area contributed by atoms with Crippen molar-refractivity contribution < 1.29 is 14.7 Å². The van der Waals surface area contributed by atoms with E-state index in [0.29, 0.717) is 12.3 Å². The van der Waals surface area contributed by atoms with E-state index in [0.717, 1.165) is 4.90 Å². The maximum atomic E-state index is 11.5. The van der Waals surface area contributed by atoms with Crippen LogP contribution in [-0.4, -0.2) is 59.1 Å². The van der Waals surface area contributed by atoms with E-state index in [2.05, 4.69) is 5.32 Å². The minimum Gasteiger partial charge on any atom is -0.388 e. The third-order valence-corrected chi connectivity index (χ3v) is 3.48. The standard InChI is InChI=1S/C10H18N2O3S/c1-10(15,6-16-3)5-11-7-4-8(13)12(2)9(7)14/h7,11,15H,4-6H2,1-3H3. The van der Waals surface area contributed by atoms with Gasteiger partial charge in [-0.15, -0.1) is 0 Å². The Kier molecular flexibility index (Phi) is 4.35. The molecule has 2 N–H and O–H groups in total. The topological polar surface area (TPSA) is 69.6 Å². The largest absolute Gasteiger partial charge is 0.388 e. The first-order valence-corrected chi connectivity index (χ1v) is 6.52. The zero-order valence-electron chi connectivity index (χ0n) is 9.82. The van der Waals surface area contributed by atoms with Crippen molar-refractivity contribution in [3.05, 3.63) is 0 Å². The van der Waals surface area contributed by atoms with Gasteiger partial charge in [0.05, 0.1) is 18.1 Å². The van der Waals surface area contributed by atoms with Crippen molar-refractivity contribution >= 4 is 23.6 Å². The van der Waals surface area contributed by atoms with Gasteiger partial charge in [0, 0.05) is 19.3 Å². The van der Waals surface area contributed by atoms with Crippen LogP contribution in [0.5, 0.6) is 0 Å². The van der Waals surface area contributed by atoms with Gasteiger partial charge in [0.15, 0.2) is 0 Å². The average Bonchev–Trinajstić information content (AvgIpc) is 2.43. The van der Waals surface area contributed by atoms with Crippen molar-refractivity contribution in [1.82, 2.24) is 10.2 Å². The fraction of sp³-hybridized carbons (Fsp3) is 0.800. The van der Waals surface area contributed by atoms with Crippen LogP contribution in [0.1, 0.15) is 13.3 Å². The molecule has 0 aromatic heterocycles. The molecule has 1 rings (SSSR count). The number of hydrogen-bond acceptors (Lipinski definition) is 5. The molecule has 2 unspecified atom stereocenters. The van der Waals surface area contributed by atoms with Gasteiger partial charge in [-0.1, -0.05) is 0 Å². The van der Waals surface area contributed by atoms with E-state index in [4.69, 9.17) is 0 Å². The van der Waals surface area contributed by atoms with Crippen LogP contribution in [0.15, 0.2) is 0 Å². The second-order valence-corrected chi connectivity index (χ2v) is 5.22. The highest BCUT2D eigenvalue weighted by molar-refractivity contribution is 7.98. The molecular formula is C10H18N2O3S. The molecule has 5 nitrogen and oxygen atoms in total. The van der Waals surface area contributed by atoms with Gasteiger partial charge in [-0.2, -0.15) is 11.8 Å². The molecule has 1 heterocycles. The molecule has 0 saturated carbocycles. The third kappa shape index (κ3) is 3.20. The zero-order chi connectivity index (χ0) is 12.3. The van der Waals surface area contributed by atoms with Crippen LogP contribution in [0.3, 0.4) is 0 Å². The van der Waals surface area contributed by atoms with E-state index >= 15 is 0 Å². The molecule has 92 valence electrons. The van der Waals surface area contributed by atoms with Gasteiger partial charge in [0.2, 0.25) is 11.8 Å². The number of carbonyl (C=O) groups excluding carboxylic acids is 2. The normalized spacial score (nSPS) is 25.0. The summed E-state index contributed by atoms with van der Waals surface area (Å²) in [6, 6.07) is -0.481. The van der Waals surface area contributed by atoms with Gasteiger partial charge >= 0.3 is 0 Å². The first kappa shape index (κ1) is 13.5. The minimum atomic E-state index is -0.857. The fourth-order valence-corrected chi connectivity index (χ4v) is 2.34. The first-order valence-electron chi connectivity index (χ1n) is 5.12. The Morgan fingerprint density at radius 3 is 2.69 bits per heavy atom. The van der Waals surface area contributed by atoms with Crippen LogP contribution in [0.4, 0.5) is 0 Å². The Bertz CT molecular complexity index is 294. The van der Waals surface area contributed by atoms with Gasteiger partial charge in [0.1, 0.15) is 0 Å². The van der Waals surface area contributed by atoms with Crippen LogP contribution in [0.25, 0.3) is 0 Å². The van der Waals surface area contributed by atoms with Crippen LogP contribution < -0.4 is 5.32 Å². The Morgan fingerprint density at radius 2 is 2.25 bits per heavy atom. The molecule has 0 aromatic rings. The molecule has 0 aromatic carbocycles. The smallest absolute Gasteiger partial charge is 0.246 e. The summed E-state index contributed by atoms with van der Waals surface area (Å²) >= 11 is 1.54. The summed E-state index contributed by atoms with van der Waals surface area (Å²) in [4.78, 5) is 23.9. The Hall–Kier alpha value is -0.590. The van der Waals surface area contributed by atoms with Gasteiger partial charge in [0.25, 0.3) is 0 Å². The van der Waals surface area contributed by atoms with Crippen molar-refractivity contribution in [2.75, 3.05) is 25.6 Å². The van der Waals surface area contributed by atoms with E-state index in [1.54, 1.807) is 18.7 Å². The van der Waals surface area contributed by atoms with Gasteiger partial charge < -0.3 is 10.4 Å². The summed E-state index contributed by atoms with van der Waals surface area (Å²) in [5, 5.41) is 12.8. The zero-order valence-corrected chi connectivity index (χ0v) is 10.6. The SMILES string of the molecule is CSCC(C)(O)CNC1CC(=O)N(C)C1=O. The lowest BCUT2D eigenvalue weighted by Gasteiger charge is -2.24. The molecule has 0 bridgehead atoms. The summed E-state index contributed by atoms with van der Waals surface area (Å²) in [6.07, 6.45) is 2.09. The molecule has 1 saturated heterocycles. The van der Waals surface area contributed by atoms with Crippen molar-refractivity contribution in [3.63, 3.8) is 0 Å². The number of nitrogens with one attached hydrogen (secondary N) is 1. The molecular weight excluding hydrogens is 228 g/mol. The number of aliphatic hydroxyl groups is 1. The lowest BCUT2D eigenvalue weighted by atomic mass is 10.1. The van der Waals surface area contributed by atoms with Crippen LogP contribution in [0, 0.1) is 0 Å². The summed E-state index contributed by atoms with van der Waals surface area (Å²) in [7, 11) is 1.48. The van der Waals surface area contributed by atoms with Gasteiger partial charge in [-0.25, -0.2) is 0 Å². The number of hydrogen-bond donors (Lipinski definition) is 2. The number of amides is 2. The molecule has 1 aliphatic heterocycles. The number of rotatable bonds is 5. The maximum Gasteiger partial charge on any atom is 0.246 e. The third-order valence-electron chi connectivity index (χ3n) is 2.57. The number of carbonyl (C=O) groups is 2. The molecule has 2 atom stereocenters. The van der Waals surface area contributed by atoms with Crippen molar-refractivity contribution in [3.8, 4) is 0 Å². The summed E-state index contributed by atoms with van der Waals surface area (Å²) in [5.41, 5.74) is -0.857. The number of nitrogens with zero attached hydrogens (tertiary/aromatic N) is 1. The van der Waals surface area contributed by atoms with E-state index in [-0.39, 0.29) is 18.2 Å². The summed E-state index contributed by atoms with van der Waals surface area (Å²) in [6.45, 7) is 2.02. The van der Waals surface area contributed by atoms with E-state index in [1.165, 1.54) is 7.05 Å². The van der Waals surface area contributed by atoms with E-state index in [1.807, 2.05) is 6.26 Å². The van der Waals surface area contributed by atoms with Crippen molar-refractivity contribution in [2.24, 2.45) is 0 Å². The fourth-order valence-electron chi connectivity index (χ4n) is 1.62. The second kappa shape index (κ2) is 5.16. The highest BCUT2D eigenvalue weighted by atomic mass is 32.2. The average molecular weight is 246 g/mol. The highest BCUT2D eigenvalue weighted by Crippen LogP contribution is 2.13. The van der Waals surface area contributed by atoms with Gasteiger partial charge in [-0.3, -0.25) is 14.5 Å². The van der Waals surface area contributed by atoms with Crippen molar-refractivity contribution in [1.29, 1.82) is 0 Å². The van der Waals surface area contributed by atoms with Crippen LogP contribution >= 0.6 is 11.8 Å². The second-order valence-electron chi connectivity index (χ2n) is 4.36. The van der Waals surface area contributed by atoms with E-state index in [9.17, 15) is 14.7 Å². The number of imide groups is 1. The van der Waals surface area contributed by atoms with Crippen molar-refractivity contribution in [2.45, 2.75) is 25.0 Å². The Labute approximate surface area is 99.6 Å². The quantitative estimate of drug-likeness (QED) is 0.637. The molecule has 0 radical (unpaired) electrons. The number of thioether (sulfide) groups is 1. The predicted octanol–water partition coefficient (Wildman–Crippen LogP) is -0.553.